The van der Waals surface area contributed by atoms with Crippen LogP contribution in [0, 0.1) is 5.41 Å². The third kappa shape index (κ3) is 6.25. The summed E-state index contributed by atoms with van der Waals surface area (Å²) in [4.78, 5) is 11.5. The van der Waals surface area contributed by atoms with Crippen LogP contribution in [0.2, 0.25) is 0 Å². The highest BCUT2D eigenvalue weighted by Crippen LogP contribution is 2.22. The molecular formula is C14H28N2O3. The first-order chi connectivity index (χ1) is 8.61. The number of amides is 1. The molecule has 0 saturated heterocycles. The molecule has 112 valence electrons. The largest absolute Gasteiger partial charge is 0.444 e. The third-order valence-electron chi connectivity index (χ3n) is 3.16. The molecule has 19 heavy (non-hydrogen) atoms. The van der Waals surface area contributed by atoms with E-state index in [0.717, 1.165) is 19.4 Å². The molecule has 0 unspecified atom stereocenters. The highest BCUT2D eigenvalue weighted by atomic mass is 16.6. The van der Waals surface area contributed by atoms with Crippen LogP contribution in [0.25, 0.3) is 0 Å². The number of aliphatic hydroxyl groups is 1. The fraction of sp³-hybridized carbons (Fsp3) is 0.929. The van der Waals surface area contributed by atoms with Crippen LogP contribution >= 0.6 is 0 Å². The molecule has 1 amide bonds. The van der Waals surface area contributed by atoms with E-state index < -0.39 is 5.60 Å². The minimum Gasteiger partial charge on any atom is -0.444 e. The van der Waals surface area contributed by atoms with Crippen LogP contribution in [-0.4, -0.2) is 42.0 Å². The van der Waals surface area contributed by atoms with Crippen LogP contribution in [0.4, 0.5) is 4.79 Å². The molecule has 3 N–H and O–H groups in total. The molecule has 0 aromatic carbocycles. The van der Waals surface area contributed by atoms with Gasteiger partial charge in [0.1, 0.15) is 5.60 Å². The van der Waals surface area contributed by atoms with Crippen LogP contribution in [0.15, 0.2) is 0 Å². The SMILES string of the molecule is CC(C)(CO)CNC1CC(NC(=O)OC(C)(C)C)C1. The highest BCUT2D eigenvalue weighted by molar-refractivity contribution is 5.68. The third-order valence-corrected chi connectivity index (χ3v) is 3.16. The molecule has 1 saturated carbocycles. The average Bonchev–Trinajstić information content (AvgIpc) is 2.18. The standard InChI is InChI=1S/C14H28N2O3/c1-13(2,3)19-12(18)16-11-6-10(7-11)15-8-14(4,5)9-17/h10-11,15,17H,6-9H2,1-5H3,(H,16,18). The van der Waals surface area contributed by atoms with Gasteiger partial charge in [-0.15, -0.1) is 0 Å². The summed E-state index contributed by atoms with van der Waals surface area (Å²) in [7, 11) is 0. The van der Waals surface area contributed by atoms with Gasteiger partial charge in [0.05, 0.1) is 0 Å². The molecule has 0 aliphatic heterocycles. The van der Waals surface area contributed by atoms with Gasteiger partial charge in [-0.25, -0.2) is 4.79 Å². The Morgan fingerprint density at radius 2 is 1.79 bits per heavy atom. The Kier molecular flexibility index (Phi) is 5.21. The second-order valence-corrected chi connectivity index (χ2v) is 7.21. The number of ether oxygens (including phenoxy) is 1. The maximum absolute atomic E-state index is 11.5. The Balaban J connectivity index is 2.15. The van der Waals surface area contributed by atoms with Crippen molar-refractivity contribution in [3.05, 3.63) is 0 Å². The zero-order valence-corrected chi connectivity index (χ0v) is 12.7. The normalized spacial score (nSPS) is 23.7. The molecule has 5 nitrogen and oxygen atoms in total. The van der Waals surface area contributed by atoms with Crippen molar-refractivity contribution < 1.29 is 14.6 Å². The molecule has 1 fully saturated rings. The summed E-state index contributed by atoms with van der Waals surface area (Å²) in [6.07, 6.45) is 1.49. The average molecular weight is 272 g/mol. The summed E-state index contributed by atoms with van der Waals surface area (Å²) < 4.78 is 5.21. The number of alkyl carbamates (subject to hydrolysis) is 1. The second kappa shape index (κ2) is 6.09. The first-order valence-corrected chi connectivity index (χ1v) is 6.95. The molecule has 0 aromatic heterocycles. The van der Waals surface area contributed by atoms with E-state index in [9.17, 15) is 4.79 Å². The summed E-state index contributed by atoms with van der Waals surface area (Å²) in [6, 6.07) is 0.621. The quantitative estimate of drug-likeness (QED) is 0.711. The summed E-state index contributed by atoms with van der Waals surface area (Å²) in [5.74, 6) is 0. The highest BCUT2D eigenvalue weighted by Gasteiger charge is 2.32. The van der Waals surface area contributed by atoms with Gasteiger partial charge in [-0.1, -0.05) is 13.8 Å². The molecule has 0 bridgehead atoms. The summed E-state index contributed by atoms with van der Waals surface area (Å²) in [6.45, 7) is 10.6. The van der Waals surface area contributed by atoms with Crippen LogP contribution in [0.1, 0.15) is 47.5 Å². The second-order valence-electron chi connectivity index (χ2n) is 7.21. The van der Waals surface area contributed by atoms with Crippen molar-refractivity contribution in [2.24, 2.45) is 5.41 Å². The topological polar surface area (TPSA) is 70.6 Å². The summed E-state index contributed by atoms with van der Waals surface area (Å²) >= 11 is 0. The number of aliphatic hydroxyl groups excluding tert-OH is 1. The molecule has 1 aliphatic carbocycles. The van der Waals surface area contributed by atoms with Crippen molar-refractivity contribution in [3.8, 4) is 0 Å². The Morgan fingerprint density at radius 3 is 2.26 bits per heavy atom. The number of carbonyl (C=O) groups excluding carboxylic acids is 1. The van der Waals surface area contributed by atoms with E-state index in [0.29, 0.717) is 6.04 Å². The van der Waals surface area contributed by atoms with Gasteiger partial charge in [-0.3, -0.25) is 0 Å². The first-order valence-electron chi connectivity index (χ1n) is 6.95. The van der Waals surface area contributed by atoms with Crippen LogP contribution < -0.4 is 10.6 Å². The van der Waals surface area contributed by atoms with Gasteiger partial charge in [-0.05, 0) is 33.6 Å². The first kappa shape index (κ1) is 16.2. The van der Waals surface area contributed by atoms with Crippen molar-refractivity contribution in [1.29, 1.82) is 0 Å². The summed E-state index contributed by atoms with van der Waals surface area (Å²) in [5, 5.41) is 15.4. The lowest BCUT2D eigenvalue weighted by Gasteiger charge is -2.38. The van der Waals surface area contributed by atoms with E-state index in [1.54, 1.807) is 0 Å². The van der Waals surface area contributed by atoms with E-state index in [-0.39, 0.29) is 24.2 Å². The smallest absolute Gasteiger partial charge is 0.407 e. The van der Waals surface area contributed by atoms with Gasteiger partial charge < -0.3 is 20.5 Å². The molecule has 0 radical (unpaired) electrons. The maximum Gasteiger partial charge on any atom is 0.407 e. The van der Waals surface area contributed by atoms with E-state index in [1.165, 1.54) is 0 Å². The molecule has 5 heteroatoms. The van der Waals surface area contributed by atoms with Crippen molar-refractivity contribution in [2.45, 2.75) is 65.1 Å². The maximum atomic E-state index is 11.5. The predicted octanol–water partition coefficient (Wildman–Crippen LogP) is 1.65. The van der Waals surface area contributed by atoms with Crippen LogP contribution in [0.3, 0.4) is 0 Å². The van der Waals surface area contributed by atoms with Crippen molar-refractivity contribution in [1.82, 2.24) is 10.6 Å². The molecule has 1 aliphatic rings. The Hall–Kier alpha value is -0.810. The van der Waals surface area contributed by atoms with Gasteiger partial charge in [0.2, 0.25) is 0 Å². The fourth-order valence-electron chi connectivity index (χ4n) is 1.85. The van der Waals surface area contributed by atoms with Crippen molar-refractivity contribution >= 4 is 6.09 Å². The van der Waals surface area contributed by atoms with Gasteiger partial charge >= 0.3 is 6.09 Å². The summed E-state index contributed by atoms with van der Waals surface area (Å²) in [5.41, 5.74) is -0.541. The number of hydrogen-bond donors (Lipinski definition) is 3. The predicted molar refractivity (Wildman–Crippen MR) is 75.0 cm³/mol. The molecular weight excluding hydrogens is 244 g/mol. The monoisotopic (exact) mass is 272 g/mol. The molecule has 0 atom stereocenters. The van der Waals surface area contributed by atoms with Crippen molar-refractivity contribution in [2.75, 3.05) is 13.2 Å². The molecule has 0 heterocycles. The number of nitrogens with one attached hydrogen (secondary N) is 2. The Bertz CT molecular complexity index is 304. The minimum absolute atomic E-state index is 0.0936. The van der Waals surface area contributed by atoms with E-state index >= 15 is 0 Å². The van der Waals surface area contributed by atoms with Crippen LogP contribution in [-0.2, 0) is 4.74 Å². The van der Waals surface area contributed by atoms with Crippen molar-refractivity contribution in [3.63, 3.8) is 0 Å². The van der Waals surface area contributed by atoms with E-state index in [1.807, 2.05) is 34.6 Å². The van der Waals surface area contributed by atoms with E-state index in [2.05, 4.69) is 10.6 Å². The van der Waals surface area contributed by atoms with Gasteiger partial charge in [0.25, 0.3) is 0 Å². The minimum atomic E-state index is -0.448. The zero-order chi connectivity index (χ0) is 14.7. The molecule has 1 rings (SSSR count). The van der Waals surface area contributed by atoms with Gasteiger partial charge in [0.15, 0.2) is 0 Å². The number of hydrogen-bond acceptors (Lipinski definition) is 4. The van der Waals surface area contributed by atoms with E-state index in [4.69, 9.17) is 9.84 Å². The van der Waals surface area contributed by atoms with Gasteiger partial charge in [-0.2, -0.15) is 0 Å². The van der Waals surface area contributed by atoms with Gasteiger partial charge in [0, 0.05) is 30.7 Å². The lowest BCUT2D eigenvalue weighted by Crippen LogP contribution is -2.54. The number of rotatable bonds is 5. The Morgan fingerprint density at radius 1 is 1.21 bits per heavy atom. The Labute approximate surface area is 116 Å². The molecule has 0 spiro atoms. The number of carbonyl (C=O) groups is 1. The molecule has 0 aromatic rings. The lowest BCUT2D eigenvalue weighted by molar-refractivity contribution is 0.0461. The van der Waals surface area contributed by atoms with Crippen LogP contribution in [0.5, 0.6) is 0 Å². The zero-order valence-electron chi connectivity index (χ0n) is 12.7. The lowest BCUT2D eigenvalue weighted by atomic mass is 9.85. The fourth-order valence-corrected chi connectivity index (χ4v) is 1.85.